The largest absolute Gasteiger partial charge is 0.371 e. The summed E-state index contributed by atoms with van der Waals surface area (Å²) in [5, 5.41) is 9.61. The van der Waals surface area contributed by atoms with Gasteiger partial charge in [0.1, 0.15) is 11.1 Å². The third-order valence-corrected chi connectivity index (χ3v) is 2.97. The zero-order chi connectivity index (χ0) is 15.1. The summed E-state index contributed by atoms with van der Waals surface area (Å²) < 4.78 is 1.20. The summed E-state index contributed by atoms with van der Waals surface area (Å²) in [7, 11) is 0. The number of rotatable bonds is 7. The van der Waals surface area contributed by atoms with Crippen LogP contribution < -0.4 is 16.2 Å². The van der Waals surface area contributed by atoms with Crippen LogP contribution in [-0.2, 0) is 11.3 Å². The summed E-state index contributed by atoms with van der Waals surface area (Å²) in [5.41, 5.74) is -0.0751. The number of carbonyl (C=O) groups is 1. The van der Waals surface area contributed by atoms with Gasteiger partial charge in [-0.05, 0) is 13.3 Å². The quantitative estimate of drug-likeness (QED) is 0.746. The van der Waals surface area contributed by atoms with Crippen molar-refractivity contribution in [2.75, 3.05) is 11.9 Å². The molecule has 7 heteroatoms. The molecule has 0 aromatic carbocycles. The number of allylic oxidation sites excluding steroid dienone is 1. The standard InChI is InChI=1S/C13H19ClN4O2/c1-4-6-15-12(19)9(3)17-10-8-16-18(7-5-2)13(20)11(10)14/h5,8-9,17H,2,4,6-7H2,1,3H3,(H,15,19). The zero-order valence-electron chi connectivity index (χ0n) is 11.6. The highest BCUT2D eigenvalue weighted by Crippen LogP contribution is 2.16. The van der Waals surface area contributed by atoms with Gasteiger partial charge in [0.05, 0.1) is 18.4 Å². The second kappa shape index (κ2) is 7.69. The van der Waals surface area contributed by atoms with Crippen molar-refractivity contribution >= 4 is 23.2 Å². The fourth-order valence-electron chi connectivity index (χ4n) is 1.52. The fraction of sp³-hybridized carbons (Fsp3) is 0.462. The minimum atomic E-state index is -0.504. The van der Waals surface area contributed by atoms with E-state index in [1.165, 1.54) is 10.9 Å². The lowest BCUT2D eigenvalue weighted by Gasteiger charge is -2.16. The molecule has 6 nitrogen and oxygen atoms in total. The van der Waals surface area contributed by atoms with Gasteiger partial charge in [0.25, 0.3) is 5.56 Å². The molecule has 1 aromatic heterocycles. The van der Waals surface area contributed by atoms with Crippen molar-refractivity contribution in [1.82, 2.24) is 15.1 Å². The van der Waals surface area contributed by atoms with Gasteiger partial charge in [-0.1, -0.05) is 24.6 Å². The van der Waals surface area contributed by atoms with Crippen molar-refractivity contribution in [2.45, 2.75) is 32.9 Å². The Balaban J connectivity index is 2.83. The van der Waals surface area contributed by atoms with Gasteiger partial charge in [0.15, 0.2) is 0 Å². The Morgan fingerprint density at radius 3 is 2.95 bits per heavy atom. The first-order chi connectivity index (χ1) is 9.51. The van der Waals surface area contributed by atoms with Gasteiger partial charge in [0.2, 0.25) is 5.91 Å². The maximum Gasteiger partial charge on any atom is 0.287 e. The minimum absolute atomic E-state index is 0.0111. The highest BCUT2D eigenvalue weighted by Gasteiger charge is 2.15. The van der Waals surface area contributed by atoms with Crippen molar-refractivity contribution in [3.63, 3.8) is 0 Å². The van der Waals surface area contributed by atoms with Crippen LogP contribution in [0.5, 0.6) is 0 Å². The van der Waals surface area contributed by atoms with Gasteiger partial charge in [0, 0.05) is 6.54 Å². The molecule has 0 saturated heterocycles. The first-order valence-corrected chi connectivity index (χ1v) is 6.79. The van der Waals surface area contributed by atoms with E-state index in [0.717, 1.165) is 6.42 Å². The van der Waals surface area contributed by atoms with Gasteiger partial charge >= 0.3 is 0 Å². The molecule has 110 valence electrons. The molecule has 1 heterocycles. The molecule has 0 fully saturated rings. The lowest BCUT2D eigenvalue weighted by molar-refractivity contribution is -0.121. The van der Waals surface area contributed by atoms with E-state index in [-0.39, 0.29) is 17.5 Å². The van der Waals surface area contributed by atoms with E-state index < -0.39 is 11.6 Å². The average Bonchev–Trinajstić information content (AvgIpc) is 2.44. The number of nitrogens with one attached hydrogen (secondary N) is 2. The Morgan fingerprint density at radius 2 is 2.35 bits per heavy atom. The van der Waals surface area contributed by atoms with Crippen LogP contribution in [0.2, 0.25) is 5.02 Å². The van der Waals surface area contributed by atoms with Gasteiger partial charge in [-0.2, -0.15) is 5.10 Å². The Morgan fingerprint density at radius 1 is 1.65 bits per heavy atom. The summed E-state index contributed by atoms with van der Waals surface area (Å²) in [4.78, 5) is 23.6. The molecule has 0 radical (unpaired) electrons. The van der Waals surface area contributed by atoms with Crippen LogP contribution in [0.25, 0.3) is 0 Å². The number of hydrogen-bond acceptors (Lipinski definition) is 4. The predicted molar refractivity (Wildman–Crippen MR) is 80.1 cm³/mol. The molecule has 1 aromatic rings. The van der Waals surface area contributed by atoms with Gasteiger partial charge in [-0.3, -0.25) is 9.59 Å². The smallest absolute Gasteiger partial charge is 0.287 e. The molecule has 20 heavy (non-hydrogen) atoms. The van der Waals surface area contributed by atoms with Crippen LogP contribution in [0.3, 0.4) is 0 Å². The number of aromatic nitrogens is 2. The van der Waals surface area contributed by atoms with E-state index in [2.05, 4.69) is 22.3 Å². The van der Waals surface area contributed by atoms with E-state index >= 15 is 0 Å². The average molecular weight is 299 g/mol. The van der Waals surface area contributed by atoms with Gasteiger partial charge < -0.3 is 10.6 Å². The molecule has 0 aliphatic heterocycles. The maximum atomic E-state index is 11.9. The third kappa shape index (κ3) is 4.09. The van der Waals surface area contributed by atoms with E-state index in [1.54, 1.807) is 13.0 Å². The summed E-state index contributed by atoms with van der Waals surface area (Å²) in [6.45, 7) is 8.09. The highest BCUT2D eigenvalue weighted by molar-refractivity contribution is 6.33. The molecule has 0 spiro atoms. The fourth-order valence-corrected chi connectivity index (χ4v) is 1.72. The molecule has 1 amide bonds. The lowest BCUT2D eigenvalue weighted by atomic mass is 10.3. The lowest BCUT2D eigenvalue weighted by Crippen LogP contribution is -2.38. The van der Waals surface area contributed by atoms with Crippen LogP contribution in [0, 0.1) is 0 Å². The SMILES string of the molecule is C=CCn1ncc(NC(C)C(=O)NCCC)c(Cl)c1=O. The summed E-state index contributed by atoms with van der Waals surface area (Å²) in [6, 6.07) is -0.504. The van der Waals surface area contributed by atoms with Crippen molar-refractivity contribution in [1.29, 1.82) is 0 Å². The van der Waals surface area contributed by atoms with Crippen LogP contribution in [0.15, 0.2) is 23.6 Å². The monoisotopic (exact) mass is 298 g/mol. The van der Waals surface area contributed by atoms with Crippen LogP contribution in [0.4, 0.5) is 5.69 Å². The number of carbonyl (C=O) groups excluding carboxylic acids is 1. The van der Waals surface area contributed by atoms with E-state index in [4.69, 9.17) is 11.6 Å². The molecule has 2 N–H and O–H groups in total. The first-order valence-electron chi connectivity index (χ1n) is 6.42. The minimum Gasteiger partial charge on any atom is -0.371 e. The molecule has 0 aliphatic carbocycles. The zero-order valence-corrected chi connectivity index (χ0v) is 12.4. The molecule has 1 unspecified atom stereocenters. The van der Waals surface area contributed by atoms with E-state index in [0.29, 0.717) is 12.2 Å². The van der Waals surface area contributed by atoms with Gasteiger partial charge in [-0.15, -0.1) is 6.58 Å². The molecule has 1 atom stereocenters. The molecular weight excluding hydrogens is 280 g/mol. The summed E-state index contributed by atoms with van der Waals surface area (Å²) in [5.74, 6) is -0.154. The summed E-state index contributed by atoms with van der Waals surface area (Å²) in [6.07, 6.45) is 3.84. The molecule has 1 rings (SSSR count). The van der Waals surface area contributed by atoms with Crippen molar-refractivity contribution in [3.05, 3.63) is 34.2 Å². The third-order valence-electron chi connectivity index (χ3n) is 2.60. The molecule has 0 bridgehead atoms. The maximum absolute atomic E-state index is 11.9. The second-order valence-corrected chi connectivity index (χ2v) is 4.68. The van der Waals surface area contributed by atoms with Crippen LogP contribution >= 0.6 is 11.6 Å². The Kier molecular flexibility index (Phi) is 6.24. The molecule has 0 aliphatic rings. The number of hydrogen-bond donors (Lipinski definition) is 2. The second-order valence-electron chi connectivity index (χ2n) is 4.31. The number of halogens is 1. The molecular formula is C13H19ClN4O2. The summed E-state index contributed by atoms with van der Waals surface area (Å²) >= 11 is 5.99. The predicted octanol–water partition coefficient (Wildman–Crippen LogP) is 1.41. The number of amides is 1. The van der Waals surface area contributed by atoms with Crippen molar-refractivity contribution in [2.24, 2.45) is 0 Å². The topological polar surface area (TPSA) is 76.0 Å². The molecule has 0 saturated carbocycles. The van der Waals surface area contributed by atoms with Crippen molar-refractivity contribution < 1.29 is 4.79 Å². The Bertz CT molecular complexity index is 542. The van der Waals surface area contributed by atoms with E-state index in [1.807, 2.05) is 6.92 Å². The van der Waals surface area contributed by atoms with Crippen molar-refractivity contribution in [3.8, 4) is 0 Å². The van der Waals surface area contributed by atoms with E-state index in [9.17, 15) is 9.59 Å². The normalized spacial score (nSPS) is 11.8. The first kappa shape index (κ1) is 16.2. The van der Waals surface area contributed by atoms with Gasteiger partial charge in [-0.25, -0.2) is 4.68 Å². The Labute approximate surface area is 122 Å². The number of nitrogens with zero attached hydrogens (tertiary/aromatic N) is 2. The Hall–Kier alpha value is -1.82. The van der Waals surface area contributed by atoms with Crippen LogP contribution in [-0.4, -0.2) is 28.3 Å². The highest BCUT2D eigenvalue weighted by atomic mass is 35.5. The van der Waals surface area contributed by atoms with Crippen LogP contribution in [0.1, 0.15) is 20.3 Å². The number of anilines is 1.